The Morgan fingerprint density at radius 1 is 1.12 bits per heavy atom. The van der Waals surface area contributed by atoms with Gasteiger partial charge in [-0.15, -0.1) is 0 Å². The Kier molecular flexibility index (Phi) is 8.42. The van der Waals surface area contributed by atoms with Gasteiger partial charge in [-0.1, -0.05) is 42.4 Å². The summed E-state index contributed by atoms with van der Waals surface area (Å²) in [5, 5.41) is 12.4. The minimum Gasteiger partial charge on any atom is -0.474 e. The zero-order valence-electron chi connectivity index (χ0n) is 24.4. The second-order valence-corrected chi connectivity index (χ2v) is 12.1. The van der Waals surface area contributed by atoms with Crippen molar-refractivity contribution in [2.75, 3.05) is 56.1 Å². The average Bonchev–Trinajstić information content (AvgIpc) is 3.01. The Bertz CT molecular complexity index is 1580. The van der Waals surface area contributed by atoms with E-state index in [-0.39, 0.29) is 12.5 Å². The fourth-order valence-corrected chi connectivity index (χ4v) is 6.91. The largest absolute Gasteiger partial charge is 0.474 e. The maximum atomic E-state index is 13.8. The highest BCUT2D eigenvalue weighted by atomic mass is 35.5. The van der Waals surface area contributed by atoms with Crippen molar-refractivity contribution < 1.29 is 13.9 Å². The molecular weight excluding hydrogens is 567 g/mol. The van der Waals surface area contributed by atoms with E-state index in [1.54, 1.807) is 0 Å². The molecule has 0 N–H and O–H groups in total. The first-order valence-electron chi connectivity index (χ1n) is 14.9. The van der Waals surface area contributed by atoms with Crippen LogP contribution >= 0.6 is 11.6 Å². The Labute approximate surface area is 256 Å². The molecule has 0 saturated carbocycles. The lowest BCUT2D eigenvalue weighted by Gasteiger charge is -2.43. The van der Waals surface area contributed by atoms with Gasteiger partial charge in [-0.05, 0) is 43.8 Å². The van der Waals surface area contributed by atoms with Crippen molar-refractivity contribution in [3.05, 3.63) is 71.2 Å². The van der Waals surface area contributed by atoms with Crippen molar-refractivity contribution in [3.63, 3.8) is 0 Å². The summed E-state index contributed by atoms with van der Waals surface area (Å²) in [4.78, 5) is 25.9. The molecule has 0 radical (unpaired) electrons. The summed E-state index contributed by atoms with van der Waals surface area (Å²) in [7, 11) is 2.12. The number of carbonyl (C=O) groups is 1. The van der Waals surface area contributed by atoms with Crippen LogP contribution in [0.5, 0.6) is 5.88 Å². The van der Waals surface area contributed by atoms with Gasteiger partial charge in [-0.25, -0.2) is 9.37 Å². The van der Waals surface area contributed by atoms with Gasteiger partial charge < -0.3 is 24.3 Å². The van der Waals surface area contributed by atoms with Crippen LogP contribution in [0.4, 0.5) is 15.8 Å². The summed E-state index contributed by atoms with van der Waals surface area (Å²) < 4.78 is 20.3. The summed E-state index contributed by atoms with van der Waals surface area (Å²) in [5.41, 5.74) is 4.18. The first-order valence-corrected chi connectivity index (χ1v) is 15.3. The Morgan fingerprint density at radius 3 is 2.63 bits per heavy atom. The molecule has 3 aromatic rings. The van der Waals surface area contributed by atoms with Gasteiger partial charge in [0.15, 0.2) is 5.83 Å². The van der Waals surface area contributed by atoms with Crippen LogP contribution in [0.15, 0.2) is 54.9 Å². The fourth-order valence-electron chi connectivity index (χ4n) is 6.63. The van der Waals surface area contributed by atoms with Crippen LogP contribution < -0.4 is 14.5 Å². The number of pyridine rings is 1. The maximum absolute atomic E-state index is 13.8. The third kappa shape index (κ3) is 5.99. The number of aromatic nitrogens is 1. The molecule has 3 aliphatic heterocycles. The predicted molar refractivity (Wildman–Crippen MR) is 167 cm³/mol. The minimum atomic E-state index is -1.000. The van der Waals surface area contributed by atoms with E-state index < -0.39 is 17.8 Å². The zero-order chi connectivity index (χ0) is 30.1. The highest BCUT2D eigenvalue weighted by molar-refractivity contribution is 6.36. The van der Waals surface area contributed by atoms with E-state index in [2.05, 4.69) is 58.7 Å². The van der Waals surface area contributed by atoms with Gasteiger partial charge in [0, 0.05) is 67.7 Å². The van der Waals surface area contributed by atoms with Crippen LogP contribution in [0.3, 0.4) is 0 Å². The quantitative estimate of drug-likeness (QED) is 0.353. The van der Waals surface area contributed by atoms with Gasteiger partial charge in [-0.3, -0.25) is 4.79 Å². The highest BCUT2D eigenvalue weighted by Crippen LogP contribution is 2.38. The van der Waals surface area contributed by atoms with E-state index >= 15 is 0 Å². The number of benzene rings is 2. The van der Waals surface area contributed by atoms with Gasteiger partial charge in [0.25, 0.3) is 5.91 Å². The van der Waals surface area contributed by atoms with Crippen LogP contribution in [0.2, 0.25) is 5.02 Å². The zero-order valence-corrected chi connectivity index (χ0v) is 25.2. The number of nitriles is 1. The average molecular weight is 603 g/mol. The third-order valence-electron chi connectivity index (χ3n) is 8.90. The molecule has 2 fully saturated rings. The molecule has 1 aromatic heterocycles. The van der Waals surface area contributed by atoms with Crippen LogP contribution in [0, 0.1) is 11.3 Å². The van der Waals surface area contributed by atoms with Crippen LogP contribution in [-0.4, -0.2) is 79.2 Å². The number of piperidine rings is 1. The number of piperazine rings is 1. The molecule has 43 heavy (non-hydrogen) atoms. The van der Waals surface area contributed by atoms with Crippen LogP contribution in [0.25, 0.3) is 10.8 Å². The SMILES string of the molecule is C=C(F)C(=O)N1CCN(c2cc(OC3CCN(C)CC3)nc3c2CCN(c2cccc4cccc(Cl)c24)C3)C[C@@H]1CC#N. The lowest BCUT2D eigenvalue weighted by molar-refractivity contribution is -0.131. The number of likely N-dealkylation sites (tertiary alicyclic amines) is 1. The Morgan fingerprint density at radius 2 is 1.88 bits per heavy atom. The molecule has 10 heteroatoms. The molecule has 0 unspecified atom stereocenters. The van der Waals surface area contributed by atoms with Crippen molar-refractivity contribution in [2.45, 2.75) is 44.4 Å². The number of nitrogens with zero attached hydrogens (tertiary/aromatic N) is 6. The predicted octanol–water partition coefficient (Wildman–Crippen LogP) is 5.34. The van der Waals surface area contributed by atoms with Crippen molar-refractivity contribution in [3.8, 4) is 11.9 Å². The number of halogens is 2. The molecule has 1 amide bonds. The molecule has 0 bridgehead atoms. The second-order valence-electron chi connectivity index (χ2n) is 11.7. The third-order valence-corrected chi connectivity index (χ3v) is 9.22. The molecule has 8 nitrogen and oxygen atoms in total. The van der Waals surface area contributed by atoms with Gasteiger partial charge in [0.1, 0.15) is 6.10 Å². The Hall–Kier alpha value is -3.87. The van der Waals surface area contributed by atoms with Crippen molar-refractivity contribution in [1.29, 1.82) is 5.26 Å². The van der Waals surface area contributed by atoms with Gasteiger partial charge in [-0.2, -0.15) is 5.26 Å². The monoisotopic (exact) mass is 602 g/mol. The second kappa shape index (κ2) is 12.4. The van der Waals surface area contributed by atoms with E-state index in [9.17, 15) is 14.4 Å². The summed E-state index contributed by atoms with van der Waals surface area (Å²) in [6.45, 7) is 7.75. The van der Waals surface area contributed by atoms with Crippen molar-refractivity contribution >= 4 is 39.7 Å². The number of ether oxygens (including phenoxy) is 1. The molecule has 2 saturated heterocycles. The smallest absolute Gasteiger partial charge is 0.282 e. The van der Waals surface area contributed by atoms with Crippen LogP contribution in [0.1, 0.15) is 30.5 Å². The fraction of sp³-hybridized carbons (Fsp3) is 0.424. The summed E-state index contributed by atoms with van der Waals surface area (Å²) in [5.74, 6) is -1.15. The normalized spacial score (nSPS) is 19.7. The van der Waals surface area contributed by atoms with Crippen LogP contribution in [-0.2, 0) is 17.8 Å². The number of anilines is 2. The number of fused-ring (bicyclic) bond motifs is 2. The lowest BCUT2D eigenvalue weighted by Crippen LogP contribution is -2.55. The van der Waals surface area contributed by atoms with E-state index in [1.165, 1.54) is 4.90 Å². The molecule has 3 aliphatic rings. The topological polar surface area (TPSA) is 75.9 Å². The maximum Gasteiger partial charge on any atom is 0.282 e. The minimum absolute atomic E-state index is 0.0857. The summed E-state index contributed by atoms with van der Waals surface area (Å²) in [6.07, 6.45) is 2.82. The number of hydrogen-bond acceptors (Lipinski definition) is 7. The molecule has 0 spiro atoms. The number of hydrogen-bond donors (Lipinski definition) is 0. The van der Waals surface area contributed by atoms with E-state index in [0.717, 1.165) is 77.3 Å². The standard InChI is InChI=1S/C33H36ClFN6O2/c1-22(35)33(42)41-18-17-40(20-24(41)9-13-36)30-19-31(43-25-10-14-38(2)15-11-25)37-28-21-39(16-12-26(28)30)29-8-4-6-23-5-3-7-27(34)32(23)29/h3-8,19,24-25H,1,9-12,14-18,20-21H2,2H3/t24-/m0/s1. The van der Waals surface area contributed by atoms with Gasteiger partial charge in [0.2, 0.25) is 5.88 Å². The lowest BCUT2D eigenvalue weighted by atomic mass is 9.98. The number of rotatable bonds is 6. The van der Waals surface area contributed by atoms with Gasteiger partial charge >= 0.3 is 0 Å². The molecule has 6 rings (SSSR count). The molecule has 0 aliphatic carbocycles. The number of amides is 1. The molecule has 224 valence electrons. The molecule has 2 aromatic carbocycles. The van der Waals surface area contributed by atoms with Crippen molar-refractivity contribution in [2.24, 2.45) is 0 Å². The Balaban J connectivity index is 1.35. The first kappa shape index (κ1) is 29.2. The number of carbonyl (C=O) groups excluding carboxylic acids is 1. The van der Waals surface area contributed by atoms with Crippen molar-refractivity contribution in [1.82, 2.24) is 14.8 Å². The highest BCUT2D eigenvalue weighted by Gasteiger charge is 2.34. The summed E-state index contributed by atoms with van der Waals surface area (Å²) in [6, 6.07) is 16.0. The van der Waals surface area contributed by atoms with E-state index in [0.29, 0.717) is 32.1 Å². The van der Waals surface area contributed by atoms with E-state index in [4.69, 9.17) is 21.3 Å². The molecule has 1 atom stereocenters. The first-order chi connectivity index (χ1) is 20.8. The van der Waals surface area contributed by atoms with E-state index in [1.807, 2.05) is 18.2 Å². The molecular formula is C33H36ClFN6O2. The van der Waals surface area contributed by atoms with Gasteiger partial charge in [0.05, 0.1) is 35.8 Å². The molecule has 4 heterocycles. The summed E-state index contributed by atoms with van der Waals surface area (Å²) >= 11 is 6.69.